The average Bonchev–Trinajstić information content (AvgIpc) is 2.41. The quantitative estimate of drug-likeness (QED) is 0.902. The number of carbonyl (C=O) groups is 1. The van der Waals surface area contributed by atoms with E-state index in [1.54, 1.807) is 6.07 Å². The Morgan fingerprint density at radius 1 is 1.15 bits per heavy atom. The van der Waals surface area contributed by atoms with Crippen molar-refractivity contribution in [3.63, 3.8) is 0 Å². The molecule has 2 rings (SSSR count). The molecule has 0 aliphatic rings. The van der Waals surface area contributed by atoms with Crippen LogP contribution < -0.4 is 5.32 Å². The van der Waals surface area contributed by atoms with Crippen molar-refractivity contribution in [1.29, 1.82) is 0 Å². The van der Waals surface area contributed by atoms with Crippen molar-refractivity contribution in [2.45, 2.75) is 13.0 Å². The molecule has 2 aromatic rings. The molecular weight excluding hydrogens is 297 g/mol. The maximum absolute atomic E-state index is 11.4. The predicted octanol–water partition coefficient (Wildman–Crippen LogP) is 3.92. The number of aromatic hydroxyl groups is 1. The fourth-order valence-corrected chi connectivity index (χ4v) is 2.30. The second-order valence-corrected chi connectivity index (χ2v) is 5.18. The van der Waals surface area contributed by atoms with Gasteiger partial charge in [-0.3, -0.25) is 4.79 Å². The van der Waals surface area contributed by atoms with E-state index in [9.17, 15) is 9.90 Å². The van der Waals surface area contributed by atoms with Crippen LogP contribution in [0.15, 0.2) is 42.5 Å². The topological polar surface area (TPSA) is 49.3 Å². The molecule has 2 N–H and O–H groups in total. The first kappa shape index (κ1) is 14.7. The summed E-state index contributed by atoms with van der Waals surface area (Å²) in [6, 6.07) is 11.8. The Kier molecular flexibility index (Phi) is 4.53. The van der Waals surface area contributed by atoms with Gasteiger partial charge in [-0.2, -0.15) is 0 Å². The van der Waals surface area contributed by atoms with Crippen LogP contribution in [0.5, 0.6) is 5.75 Å². The van der Waals surface area contributed by atoms with Crippen LogP contribution in [-0.4, -0.2) is 11.0 Å². The highest BCUT2D eigenvalue weighted by Gasteiger charge is 2.20. The molecule has 0 aliphatic heterocycles. The molecular formula is C15H13Cl2NO2. The third kappa shape index (κ3) is 3.24. The van der Waals surface area contributed by atoms with E-state index in [2.05, 4.69) is 5.32 Å². The van der Waals surface area contributed by atoms with Crippen molar-refractivity contribution in [2.75, 3.05) is 0 Å². The Morgan fingerprint density at radius 3 is 2.35 bits per heavy atom. The Morgan fingerprint density at radius 2 is 1.75 bits per heavy atom. The van der Waals surface area contributed by atoms with Crippen LogP contribution >= 0.6 is 23.2 Å². The van der Waals surface area contributed by atoms with Crippen LogP contribution in [0.4, 0.5) is 0 Å². The summed E-state index contributed by atoms with van der Waals surface area (Å²) in [5.41, 5.74) is 1.34. The van der Waals surface area contributed by atoms with Crippen LogP contribution in [0.3, 0.4) is 0 Å². The Hall–Kier alpha value is -1.71. The third-order valence-corrected chi connectivity index (χ3v) is 3.58. The molecule has 1 unspecified atom stereocenters. The fraction of sp³-hybridized carbons (Fsp3) is 0.133. The number of nitrogens with one attached hydrogen (secondary N) is 1. The summed E-state index contributed by atoms with van der Waals surface area (Å²) >= 11 is 11.9. The molecule has 0 aromatic heterocycles. The number of benzene rings is 2. The Bertz CT molecular complexity index is 629. The van der Waals surface area contributed by atoms with Crippen molar-refractivity contribution in [1.82, 2.24) is 5.32 Å². The Balaban J connectivity index is 2.52. The summed E-state index contributed by atoms with van der Waals surface area (Å²) in [4.78, 5) is 11.4. The second-order valence-electron chi connectivity index (χ2n) is 4.37. The number of halogens is 2. The van der Waals surface area contributed by atoms with E-state index in [0.29, 0.717) is 10.6 Å². The molecule has 20 heavy (non-hydrogen) atoms. The summed E-state index contributed by atoms with van der Waals surface area (Å²) in [5, 5.41) is 13.5. The van der Waals surface area contributed by atoms with Crippen LogP contribution in [-0.2, 0) is 4.79 Å². The van der Waals surface area contributed by atoms with E-state index >= 15 is 0 Å². The molecule has 0 heterocycles. The third-order valence-electron chi connectivity index (χ3n) is 2.86. The molecule has 2 aromatic carbocycles. The number of hydrogen-bond acceptors (Lipinski definition) is 2. The van der Waals surface area contributed by atoms with Crippen molar-refractivity contribution in [3.8, 4) is 5.75 Å². The summed E-state index contributed by atoms with van der Waals surface area (Å²) in [7, 11) is 0. The highest BCUT2D eigenvalue weighted by Crippen LogP contribution is 2.35. The van der Waals surface area contributed by atoms with Gasteiger partial charge in [-0.15, -0.1) is 0 Å². The number of phenols is 1. The maximum Gasteiger partial charge on any atom is 0.217 e. The lowest BCUT2D eigenvalue weighted by Crippen LogP contribution is -2.27. The molecule has 1 atom stereocenters. The van der Waals surface area contributed by atoms with E-state index in [1.165, 1.54) is 13.0 Å². The van der Waals surface area contributed by atoms with Gasteiger partial charge in [0.1, 0.15) is 5.75 Å². The summed E-state index contributed by atoms with van der Waals surface area (Å²) in [5.74, 6) is -0.216. The number of amides is 1. The van der Waals surface area contributed by atoms with Gasteiger partial charge in [0.15, 0.2) is 0 Å². The normalized spacial score (nSPS) is 11.9. The number of hydrogen-bond donors (Lipinski definition) is 2. The van der Waals surface area contributed by atoms with Crippen LogP contribution in [0.2, 0.25) is 10.0 Å². The minimum atomic E-state index is -0.483. The van der Waals surface area contributed by atoms with Gasteiger partial charge in [-0.25, -0.2) is 0 Å². The molecule has 1 amide bonds. The van der Waals surface area contributed by atoms with Crippen molar-refractivity contribution in [3.05, 3.63) is 63.6 Å². The number of phenolic OH excluding ortho intramolecular Hbond substituents is 1. The van der Waals surface area contributed by atoms with Gasteiger partial charge in [0.25, 0.3) is 0 Å². The van der Waals surface area contributed by atoms with E-state index < -0.39 is 6.04 Å². The van der Waals surface area contributed by atoms with Gasteiger partial charge in [-0.05, 0) is 11.6 Å². The molecule has 0 fully saturated rings. The van der Waals surface area contributed by atoms with Gasteiger partial charge in [-0.1, -0.05) is 53.5 Å². The van der Waals surface area contributed by atoms with E-state index in [0.717, 1.165) is 5.56 Å². The highest BCUT2D eigenvalue weighted by molar-refractivity contribution is 6.42. The molecule has 104 valence electrons. The van der Waals surface area contributed by atoms with Crippen LogP contribution in [0, 0.1) is 0 Å². The molecule has 0 spiro atoms. The molecule has 0 radical (unpaired) electrons. The van der Waals surface area contributed by atoms with Crippen molar-refractivity contribution in [2.24, 2.45) is 0 Å². The zero-order valence-electron chi connectivity index (χ0n) is 10.7. The first-order valence-electron chi connectivity index (χ1n) is 5.99. The largest absolute Gasteiger partial charge is 0.508 e. The van der Waals surface area contributed by atoms with Crippen molar-refractivity contribution < 1.29 is 9.90 Å². The van der Waals surface area contributed by atoms with Gasteiger partial charge < -0.3 is 10.4 Å². The lowest BCUT2D eigenvalue weighted by atomic mass is 9.98. The maximum atomic E-state index is 11.4. The van der Waals surface area contributed by atoms with Crippen molar-refractivity contribution >= 4 is 29.1 Å². The first-order chi connectivity index (χ1) is 9.49. The predicted molar refractivity (Wildman–Crippen MR) is 80.2 cm³/mol. The molecule has 0 saturated heterocycles. The molecule has 3 nitrogen and oxygen atoms in total. The van der Waals surface area contributed by atoms with Gasteiger partial charge in [0.2, 0.25) is 5.91 Å². The van der Waals surface area contributed by atoms with Gasteiger partial charge in [0, 0.05) is 18.6 Å². The molecule has 0 bridgehead atoms. The first-order valence-corrected chi connectivity index (χ1v) is 6.74. The second kappa shape index (κ2) is 6.16. The highest BCUT2D eigenvalue weighted by atomic mass is 35.5. The molecule has 5 heteroatoms. The van der Waals surface area contributed by atoms with Crippen LogP contribution in [0.1, 0.15) is 24.1 Å². The van der Waals surface area contributed by atoms with E-state index in [4.69, 9.17) is 23.2 Å². The molecule has 0 saturated carbocycles. The minimum absolute atomic E-state index is 0.0120. The van der Waals surface area contributed by atoms with Gasteiger partial charge in [0.05, 0.1) is 16.1 Å². The number of carbonyl (C=O) groups excluding carboxylic acids is 1. The van der Waals surface area contributed by atoms with Crippen LogP contribution in [0.25, 0.3) is 0 Å². The number of rotatable bonds is 3. The fourth-order valence-electron chi connectivity index (χ4n) is 1.97. The smallest absolute Gasteiger partial charge is 0.217 e. The lowest BCUT2D eigenvalue weighted by molar-refractivity contribution is -0.119. The summed E-state index contributed by atoms with van der Waals surface area (Å²) < 4.78 is 0. The molecule has 0 aliphatic carbocycles. The monoisotopic (exact) mass is 309 g/mol. The SMILES string of the molecule is CC(=O)NC(c1ccccc1)c1cc(Cl)c(Cl)cc1O. The zero-order chi connectivity index (χ0) is 14.7. The van der Waals surface area contributed by atoms with E-state index in [-0.39, 0.29) is 16.7 Å². The average molecular weight is 310 g/mol. The lowest BCUT2D eigenvalue weighted by Gasteiger charge is -2.20. The van der Waals surface area contributed by atoms with E-state index in [1.807, 2.05) is 30.3 Å². The summed E-state index contributed by atoms with van der Waals surface area (Å²) in [6.45, 7) is 1.42. The zero-order valence-corrected chi connectivity index (χ0v) is 12.2. The van der Waals surface area contributed by atoms with Gasteiger partial charge >= 0.3 is 0 Å². The Labute approximate surface area is 127 Å². The standard InChI is InChI=1S/C15H13Cl2NO2/c1-9(19)18-15(10-5-3-2-4-6-10)11-7-12(16)13(17)8-14(11)20/h2-8,15,20H,1H3,(H,18,19). The summed E-state index contributed by atoms with van der Waals surface area (Å²) in [6.07, 6.45) is 0. The minimum Gasteiger partial charge on any atom is -0.508 e.